The number of nitrogens with one attached hydrogen (secondary N) is 1. The van der Waals surface area contributed by atoms with Crippen LogP contribution in [-0.4, -0.2) is 21.5 Å². The van der Waals surface area contributed by atoms with Crippen LogP contribution in [0.2, 0.25) is 0 Å². The average molecular weight is 287 g/mol. The number of hydrogen-bond donors (Lipinski definition) is 2. The van der Waals surface area contributed by atoms with Gasteiger partial charge in [-0.3, -0.25) is 0 Å². The molecule has 3 N–H and O–H groups in total. The van der Waals surface area contributed by atoms with Crippen LogP contribution in [0.3, 0.4) is 0 Å². The minimum atomic E-state index is 0.589. The lowest BCUT2D eigenvalue weighted by Crippen LogP contribution is -2.10. The van der Waals surface area contributed by atoms with E-state index in [-0.39, 0.29) is 0 Å². The smallest absolute Gasteiger partial charge is 0.170 e. The zero-order valence-electron chi connectivity index (χ0n) is 10.8. The molecule has 0 saturated heterocycles. The van der Waals surface area contributed by atoms with Gasteiger partial charge in [0.2, 0.25) is 0 Å². The number of fused-ring (bicyclic) bond motifs is 1. The van der Waals surface area contributed by atoms with Gasteiger partial charge in [-0.2, -0.15) is 0 Å². The molecule has 6 nitrogen and oxygen atoms in total. The zero-order chi connectivity index (χ0) is 13.9. The van der Waals surface area contributed by atoms with Gasteiger partial charge in [-0.05, 0) is 24.3 Å². The number of nitrogens with two attached hydrogens (primary N) is 1. The van der Waals surface area contributed by atoms with Crippen LogP contribution in [0.4, 0.5) is 5.82 Å². The fourth-order valence-corrected chi connectivity index (χ4v) is 2.69. The molecule has 0 aliphatic carbocycles. The number of aromatic nitrogens is 3. The van der Waals surface area contributed by atoms with Gasteiger partial charge >= 0.3 is 0 Å². The fraction of sp³-hybridized carbons (Fsp3) is 0.0769. The third-order valence-corrected chi connectivity index (χ3v) is 3.74. The van der Waals surface area contributed by atoms with Gasteiger partial charge in [0.05, 0.1) is 13.3 Å². The summed E-state index contributed by atoms with van der Waals surface area (Å²) in [5.74, 6) is 6.85. The largest absolute Gasteiger partial charge is 0.497 e. The SMILES string of the molecule is COc1ccc(Sc2nc(NN)cn3ccnc23)cc1. The predicted octanol–water partition coefficient (Wildman–Crippen LogP) is 2.17. The van der Waals surface area contributed by atoms with E-state index in [1.165, 1.54) is 11.8 Å². The topological polar surface area (TPSA) is 77.5 Å². The maximum Gasteiger partial charge on any atom is 0.170 e. The van der Waals surface area contributed by atoms with Crippen molar-refractivity contribution < 1.29 is 4.74 Å². The van der Waals surface area contributed by atoms with Gasteiger partial charge in [-0.1, -0.05) is 11.8 Å². The summed E-state index contributed by atoms with van der Waals surface area (Å²) in [6.07, 6.45) is 5.38. The quantitative estimate of drug-likeness (QED) is 0.565. The highest BCUT2D eigenvalue weighted by molar-refractivity contribution is 7.99. The number of methoxy groups -OCH3 is 1. The van der Waals surface area contributed by atoms with E-state index in [0.717, 1.165) is 21.3 Å². The first-order valence-electron chi connectivity index (χ1n) is 5.92. The van der Waals surface area contributed by atoms with Gasteiger partial charge in [-0.15, -0.1) is 0 Å². The lowest BCUT2D eigenvalue weighted by atomic mass is 10.3. The number of nitrogens with zero attached hydrogens (tertiary/aromatic N) is 3. The van der Waals surface area contributed by atoms with E-state index in [1.54, 1.807) is 19.5 Å². The third-order valence-electron chi connectivity index (χ3n) is 2.77. The van der Waals surface area contributed by atoms with Crippen LogP contribution >= 0.6 is 11.8 Å². The van der Waals surface area contributed by atoms with E-state index in [4.69, 9.17) is 10.6 Å². The highest BCUT2D eigenvalue weighted by Crippen LogP contribution is 2.30. The van der Waals surface area contributed by atoms with Crippen molar-refractivity contribution in [1.29, 1.82) is 0 Å². The van der Waals surface area contributed by atoms with Crippen LogP contribution in [0.1, 0.15) is 0 Å². The first kappa shape index (κ1) is 12.8. The van der Waals surface area contributed by atoms with Gasteiger partial charge in [0.1, 0.15) is 10.8 Å². The lowest BCUT2D eigenvalue weighted by Gasteiger charge is -2.07. The maximum atomic E-state index is 5.44. The first-order valence-corrected chi connectivity index (χ1v) is 6.74. The third kappa shape index (κ3) is 2.40. The molecule has 3 aromatic rings. The van der Waals surface area contributed by atoms with E-state index < -0.39 is 0 Å². The van der Waals surface area contributed by atoms with E-state index >= 15 is 0 Å². The molecule has 0 spiro atoms. The molecular formula is C13H13N5OS. The highest BCUT2D eigenvalue weighted by atomic mass is 32.2. The number of imidazole rings is 1. The number of anilines is 1. The van der Waals surface area contributed by atoms with Gasteiger partial charge in [0.15, 0.2) is 11.5 Å². The second kappa shape index (κ2) is 5.40. The molecule has 0 bridgehead atoms. The van der Waals surface area contributed by atoms with Crippen LogP contribution in [-0.2, 0) is 0 Å². The molecule has 2 heterocycles. The Hall–Kier alpha value is -2.25. The Labute approximate surface area is 120 Å². The Morgan fingerprint density at radius 2 is 2.10 bits per heavy atom. The molecule has 102 valence electrons. The van der Waals surface area contributed by atoms with E-state index in [0.29, 0.717) is 5.82 Å². The molecule has 20 heavy (non-hydrogen) atoms. The number of ether oxygens (including phenoxy) is 1. The second-order valence-corrected chi connectivity index (χ2v) is 5.07. The summed E-state index contributed by atoms with van der Waals surface area (Å²) < 4.78 is 7.03. The monoisotopic (exact) mass is 287 g/mol. The zero-order valence-corrected chi connectivity index (χ0v) is 11.6. The van der Waals surface area contributed by atoms with Crippen molar-refractivity contribution in [2.75, 3.05) is 12.5 Å². The summed E-state index contributed by atoms with van der Waals surface area (Å²) in [6, 6.07) is 7.78. The van der Waals surface area contributed by atoms with Crippen molar-refractivity contribution in [1.82, 2.24) is 14.4 Å². The van der Waals surface area contributed by atoms with Crippen molar-refractivity contribution in [2.24, 2.45) is 5.84 Å². The summed E-state index contributed by atoms with van der Waals surface area (Å²) in [7, 11) is 1.65. The minimum Gasteiger partial charge on any atom is -0.497 e. The van der Waals surface area contributed by atoms with Gasteiger partial charge in [0.25, 0.3) is 0 Å². The van der Waals surface area contributed by atoms with Crippen LogP contribution in [0.5, 0.6) is 5.75 Å². The Morgan fingerprint density at radius 3 is 2.80 bits per heavy atom. The second-order valence-electron chi connectivity index (χ2n) is 4.01. The summed E-state index contributed by atoms with van der Waals surface area (Å²) in [5.41, 5.74) is 3.36. The molecule has 0 saturated carbocycles. The van der Waals surface area contributed by atoms with Gasteiger partial charge in [-0.25, -0.2) is 15.8 Å². The van der Waals surface area contributed by atoms with Crippen molar-refractivity contribution >= 4 is 23.2 Å². The standard InChI is InChI=1S/C13H13N5OS/c1-19-9-2-4-10(5-3-9)20-13-12-15-6-7-18(12)8-11(16-13)17-14/h2-8,17H,14H2,1H3. The average Bonchev–Trinajstić information content (AvgIpc) is 2.96. The Kier molecular flexibility index (Phi) is 3.44. The van der Waals surface area contributed by atoms with Gasteiger partial charge < -0.3 is 14.6 Å². The molecule has 0 aliphatic rings. The lowest BCUT2D eigenvalue weighted by molar-refractivity contribution is 0.414. The molecular weight excluding hydrogens is 274 g/mol. The van der Waals surface area contributed by atoms with Crippen molar-refractivity contribution in [3.8, 4) is 5.75 Å². The molecule has 0 unspecified atom stereocenters. The van der Waals surface area contributed by atoms with E-state index in [2.05, 4.69) is 15.4 Å². The molecule has 1 aromatic carbocycles. The molecule has 0 radical (unpaired) electrons. The number of hydrogen-bond acceptors (Lipinski definition) is 6. The number of nitrogen functional groups attached to an aromatic ring is 1. The van der Waals surface area contributed by atoms with Crippen LogP contribution in [0, 0.1) is 0 Å². The Morgan fingerprint density at radius 1 is 1.30 bits per heavy atom. The van der Waals surface area contributed by atoms with Gasteiger partial charge in [0, 0.05) is 17.3 Å². The maximum absolute atomic E-state index is 5.44. The Bertz CT molecular complexity index is 725. The van der Waals surface area contributed by atoms with Crippen LogP contribution in [0.15, 0.2) is 52.8 Å². The number of rotatable bonds is 4. The highest BCUT2D eigenvalue weighted by Gasteiger charge is 2.09. The Balaban J connectivity index is 1.98. The molecule has 0 atom stereocenters. The fourth-order valence-electron chi connectivity index (χ4n) is 1.80. The van der Waals surface area contributed by atoms with Crippen molar-refractivity contribution in [3.05, 3.63) is 42.9 Å². The molecule has 7 heteroatoms. The predicted molar refractivity (Wildman–Crippen MR) is 77.9 cm³/mol. The molecule has 3 rings (SSSR count). The summed E-state index contributed by atoms with van der Waals surface area (Å²) in [5, 5.41) is 0.788. The molecule has 0 fully saturated rings. The van der Waals surface area contributed by atoms with E-state index in [1.807, 2.05) is 34.9 Å². The van der Waals surface area contributed by atoms with Crippen LogP contribution < -0.4 is 16.0 Å². The van der Waals surface area contributed by atoms with Crippen molar-refractivity contribution in [2.45, 2.75) is 9.92 Å². The molecule has 0 aliphatic heterocycles. The summed E-state index contributed by atoms with van der Waals surface area (Å²) in [6.45, 7) is 0. The summed E-state index contributed by atoms with van der Waals surface area (Å²) in [4.78, 5) is 9.81. The molecule has 2 aromatic heterocycles. The molecule has 0 amide bonds. The van der Waals surface area contributed by atoms with E-state index in [9.17, 15) is 0 Å². The van der Waals surface area contributed by atoms with Crippen molar-refractivity contribution in [3.63, 3.8) is 0 Å². The number of hydrazine groups is 1. The minimum absolute atomic E-state index is 0.589. The summed E-state index contributed by atoms with van der Waals surface area (Å²) >= 11 is 1.52. The number of benzene rings is 1. The normalized spacial score (nSPS) is 10.7. The first-order chi connectivity index (χ1) is 9.80. The van der Waals surface area contributed by atoms with Crippen LogP contribution in [0.25, 0.3) is 5.65 Å².